The molecule has 4 heteroatoms. The van der Waals surface area contributed by atoms with Crippen LogP contribution in [0.25, 0.3) is 44.2 Å². The van der Waals surface area contributed by atoms with Gasteiger partial charge in [-0.3, -0.25) is 0 Å². The first kappa shape index (κ1) is 16.4. The average molecular weight is 366 g/mol. The summed E-state index contributed by atoms with van der Waals surface area (Å²) in [6.45, 7) is 0. The molecule has 0 fully saturated rings. The fourth-order valence-corrected chi connectivity index (χ4v) is 3.84. The number of nitrogen functional groups attached to an aromatic ring is 1. The summed E-state index contributed by atoms with van der Waals surface area (Å²) in [4.78, 5) is 3.36. The highest BCUT2D eigenvalue weighted by Gasteiger charge is 2.24. The van der Waals surface area contributed by atoms with Gasteiger partial charge in [-0.15, -0.1) is 0 Å². The van der Waals surface area contributed by atoms with E-state index in [-0.39, 0.29) is 0 Å². The number of nitrogens with zero attached hydrogens (tertiary/aromatic N) is 1. The Balaban J connectivity index is 1.85. The van der Waals surface area contributed by atoms with Crippen molar-refractivity contribution in [3.8, 4) is 28.3 Å². The lowest BCUT2D eigenvalue weighted by atomic mass is 10.00. The number of benzene rings is 3. The molecule has 0 aliphatic rings. The van der Waals surface area contributed by atoms with Crippen molar-refractivity contribution in [2.24, 2.45) is 0 Å². The van der Waals surface area contributed by atoms with E-state index in [1.807, 2.05) is 42.6 Å². The van der Waals surface area contributed by atoms with Gasteiger partial charge in [-0.05, 0) is 35.7 Å². The monoisotopic (exact) mass is 366 g/mol. The first-order valence-corrected chi connectivity index (χ1v) is 9.20. The van der Waals surface area contributed by atoms with Crippen LogP contribution in [-0.2, 0) is 0 Å². The Bertz CT molecular complexity index is 1310. The van der Waals surface area contributed by atoms with Crippen molar-refractivity contribution in [2.45, 2.75) is 0 Å². The number of fused-ring (bicyclic) bond motifs is 2. The minimum atomic E-state index is 0.824. The second-order valence-corrected chi connectivity index (χ2v) is 6.82. The lowest BCUT2D eigenvalue weighted by Crippen LogP contribution is -2.48. The molecule has 136 valence electrons. The second kappa shape index (κ2) is 6.43. The van der Waals surface area contributed by atoms with Gasteiger partial charge in [-0.25, -0.2) is 5.84 Å². The Morgan fingerprint density at radius 1 is 0.857 bits per heavy atom. The van der Waals surface area contributed by atoms with Crippen LogP contribution in [0.2, 0.25) is 0 Å². The summed E-state index contributed by atoms with van der Waals surface area (Å²) >= 11 is 0. The highest BCUT2D eigenvalue weighted by Crippen LogP contribution is 2.34. The molecule has 5 rings (SSSR count). The maximum Gasteiger partial charge on any atom is 0.252 e. The molecule has 0 aliphatic carbocycles. The molecule has 0 amide bonds. The molecule has 0 atom stereocenters. The number of pyridine rings is 1. The summed E-state index contributed by atoms with van der Waals surface area (Å²) < 4.78 is 7.15. The Morgan fingerprint density at radius 3 is 2.46 bits per heavy atom. The van der Waals surface area contributed by atoms with Gasteiger partial charge in [0.1, 0.15) is 5.75 Å². The molecule has 2 heterocycles. The van der Waals surface area contributed by atoms with Gasteiger partial charge in [0.2, 0.25) is 5.69 Å². The van der Waals surface area contributed by atoms with Crippen LogP contribution in [0.5, 0.6) is 5.75 Å². The fraction of sp³-hybridized carbons (Fsp3) is 0.0417. The molecule has 0 saturated carbocycles. The first-order chi connectivity index (χ1) is 13.8. The third kappa shape index (κ3) is 2.50. The number of ether oxygens (including phenoxy) is 1. The van der Waals surface area contributed by atoms with Crippen LogP contribution in [0.1, 0.15) is 0 Å². The van der Waals surface area contributed by atoms with Crippen molar-refractivity contribution in [1.29, 1.82) is 0 Å². The Kier molecular flexibility index (Phi) is 3.76. The molecule has 0 spiro atoms. The van der Waals surface area contributed by atoms with E-state index in [9.17, 15) is 0 Å². The van der Waals surface area contributed by atoms with E-state index in [2.05, 4.69) is 47.4 Å². The highest BCUT2D eigenvalue weighted by molar-refractivity contribution is 6.03. The van der Waals surface area contributed by atoms with E-state index < -0.39 is 0 Å². The van der Waals surface area contributed by atoms with Gasteiger partial charge >= 0.3 is 0 Å². The fourth-order valence-electron chi connectivity index (χ4n) is 3.84. The first-order valence-electron chi connectivity index (χ1n) is 9.20. The average Bonchev–Trinajstić information content (AvgIpc) is 3.16. The molecule has 3 aromatic carbocycles. The van der Waals surface area contributed by atoms with E-state index in [1.165, 1.54) is 0 Å². The van der Waals surface area contributed by atoms with Crippen LogP contribution in [0, 0.1) is 0 Å². The largest absolute Gasteiger partial charge is 0.497 e. The molecule has 0 unspecified atom stereocenters. The number of hydrogen-bond acceptors (Lipinski definition) is 2. The van der Waals surface area contributed by atoms with Crippen LogP contribution in [-0.4, -0.2) is 12.1 Å². The number of nitrogens with one attached hydrogen (secondary N) is 1. The molecular weight excluding hydrogens is 346 g/mol. The zero-order chi connectivity index (χ0) is 19.1. The molecule has 5 aromatic rings. The number of aromatic nitrogens is 2. The van der Waals surface area contributed by atoms with Crippen LogP contribution >= 0.6 is 0 Å². The van der Waals surface area contributed by atoms with Crippen molar-refractivity contribution < 1.29 is 9.41 Å². The zero-order valence-electron chi connectivity index (χ0n) is 15.5. The zero-order valence-corrected chi connectivity index (χ0v) is 15.5. The van der Waals surface area contributed by atoms with Gasteiger partial charge in [-0.1, -0.05) is 41.1 Å². The normalized spacial score (nSPS) is 11.2. The molecule has 3 N–H and O–H groups in total. The summed E-state index contributed by atoms with van der Waals surface area (Å²) in [7, 11) is 1.68. The third-order valence-electron chi connectivity index (χ3n) is 5.22. The van der Waals surface area contributed by atoms with Crippen LogP contribution in [0.3, 0.4) is 0 Å². The number of methoxy groups -OCH3 is 1. The summed E-state index contributed by atoms with van der Waals surface area (Å²) in [5, 5.41) is 3.37. The maximum absolute atomic E-state index is 6.70. The van der Waals surface area contributed by atoms with Crippen molar-refractivity contribution in [3.63, 3.8) is 0 Å². The maximum atomic E-state index is 6.70. The van der Waals surface area contributed by atoms with Gasteiger partial charge in [0.15, 0.2) is 0 Å². The van der Waals surface area contributed by atoms with E-state index in [4.69, 9.17) is 10.6 Å². The number of hydrogen-bond donors (Lipinski definition) is 2. The van der Waals surface area contributed by atoms with Crippen molar-refractivity contribution >= 4 is 21.7 Å². The molecule has 28 heavy (non-hydrogen) atoms. The molecule has 0 aliphatic heterocycles. The summed E-state index contributed by atoms with van der Waals surface area (Å²) in [6.07, 6.45) is 2.02. The molecule has 0 radical (unpaired) electrons. The molecule has 4 nitrogen and oxygen atoms in total. The second-order valence-electron chi connectivity index (χ2n) is 6.82. The summed E-state index contributed by atoms with van der Waals surface area (Å²) in [6, 6.07) is 26.8. The number of aromatic amines is 1. The van der Waals surface area contributed by atoms with Crippen molar-refractivity contribution in [2.75, 3.05) is 13.0 Å². The molecule has 0 saturated heterocycles. The summed E-state index contributed by atoms with van der Waals surface area (Å²) in [5.41, 5.74) is 5.11. The van der Waals surface area contributed by atoms with E-state index in [0.717, 1.165) is 49.9 Å². The molecular formula is C24H20N3O+. The van der Waals surface area contributed by atoms with Crippen LogP contribution in [0.15, 0.2) is 85.1 Å². The lowest BCUT2D eigenvalue weighted by Gasteiger charge is -2.08. The predicted molar refractivity (Wildman–Crippen MR) is 114 cm³/mol. The van der Waals surface area contributed by atoms with E-state index >= 15 is 0 Å². The van der Waals surface area contributed by atoms with E-state index in [1.54, 1.807) is 11.8 Å². The predicted octanol–water partition coefficient (Wildman–Crippen LogP) is 4.67. The minimum Gasteiger partial charge on any atom is -0.497 e. The number of rotatable bonds is 3. The standard InChI is InChI=1S/C24H19N3O/c1-28-18-11-12-20-21(15-26-22(20)14-18)24-19-10-6-5-9-17(19)13-23(27(24)25)16-7-3-2-4-8-16/h2-15H,25H2,1H3/p+1. The van der Waals surface area contributed by atoms with E-state index in [0.29, 0.717) is 0 Å². The van der Waals surface area contributed by atoms with Gasteiger partial charge in [0.05, 0.1) is 18.1 Å². The SMILES string of the molecule is COc1ccc2c(-c3c4ccccc4cc(-c4ccccc4)[n+]3N)c[nH]c2c1. The van der Waals surface area contributed by atoms with Crippen molar-refractivity contribution in [1.82, 2.24) is 4.98 Å². The number of nitrogens with two attached hydrogens (primary N) is 1. The molecule has 0 bridgehead atoms. The van der Waals surface area contributed by atoms with Gasteiger partial charge in [0, 0.05) is 34.8 Å². The van der Waals surface area contributed by atoms with Gasteiger partial charge < -0.3 is 9.72 Å². The topological polar surface area (TPSA) is 54.9 Å². The summed E-state index contributed by atoms with van der Waals surface area (Å²) in [5.74, 6) is 7.52. The Hall–Kier alpha value is -3.79. The smallest absolute Gasteiger partial charge is 0.252 e. The van der Waals surface area contributed by atoms with Crippen molar-refractivity contribution in [3.05, 3.63) is 85.1 Å². The lowest BCUT2D eigenvalue weighted by molar-refractivity contribution is -0.614. The van der Waals surface area contributed by atoms with Crippen LogP contribution < -0.4 is 15.3 Å². The Morgan fingerprint density at radius 2 is 1.64 bits per heavy atom. The minimum absolute atomic E-state index is 0.824. The quantitative estimate of drug-likeness (QED) is 0.360. The van der Waals surface area contributed by atoms with Gasteiger partial charge in [-0.2, -0.15) is 0 Å². The highest BCUT2D eigenvalue weighted by atomic mass is 16.5. The van der Waals surface area contributed by atoms with Crippen LogP contribution in [0.4, 0.5) is 0 Å². The van der Waals surface area contributed by atoms with Gasteiger partial charge in [0.25, 0.3) is 5.69 Å². The third-order valence-corrected chi connectivity index (χ3v) is 5.22. The number of H-pyrrole nitrogens is 1. The Labute approximate surface area is 162 Å². The molecule has 2 aromatic heterocycles.